The third kappa shape index (κ3) is 3.22. The number of carbonyl (C=O) groups excluding carboxylic acids is 1. The van der Waals surface area contributed by atoms with Gasteiger partial charge in [0.1, 0.15) is 0 Å². The predicted octanol–water partition coefficient (Wildman–Crippen LogP) is 7.60. The molecule has 0 aliphatic carbocycles. The zero-order valence-corrected chi connectivity index (χ0v) is 19.5. The highest BCUT2D eigenvalue weighted by Gasteiger charge is 2.63. The number of halogens is 1. The molecule has 1 fully saturated rings. The van der Waals surface area contributed by atoms with Crippen molar-refractivity contribution in [3.05, 3.63) is 131 Å². The summed E-state index contributed by atoms with van der Waals surface area (Å²) < 4.78 is 0. The first-order chi connectivity index (χ1) is 16.2. The molecule has 0 saturated carbocycles. The van der Waals surface area contributed by atoms with Gasteiger partial charge in [-0.05, 0) is 47.4 Å². The molecule has 0 N–H and O–H groups in total. The van der Waals surface area contributed by atoms with E-state index in [1.807, 2.05) is 48.2 Å². The number of hydrogen-bond acceptors (Lipinski definition) is 2. The van der Waals surface area contributed by atoms with Crippen LogP contribution in [0.5, 0.6) is 0 Å². The second-order valence-electron chi connectivity index (χ2n) is 8.64. The summed E-state index contributed by atoms with van der Waals surface area (Å²) in [5.41, 5.74) is 3.96. The van der Waals surface area contributed by atoms with Gasteiger partial charge in [0.15, 0.2) is 0 Å². The van der Waals surface area contributed by atoms with Crippen molar-refractivity contribution in [1.29, 1.82) is 0 Å². The standard InChI is InChI=1S/C29H22ClNOS/c30-23-17-15-22(16-18-23)29-19-26(20-9-3-1-4-10-20)33-25-14-8-7-13-24(25)31(29)28(32)27(29)21-11-5-2-6-12-21/h1-18,26-27H,19H2/t26-,27-,29+/m0/s1. The number of benzene rings is 4. The van der Waals surface area contributed by atoms with Crippen LogP contribution in [0.2, 0.25) is 5.02 Å². The molecule has 2 nitrogen and oxygen atoms in total. The molecule has 0 bridgehead atoms. The molecule has 33 heavy (non-hydrogen) atoms. The van der Waals surface area contributed by atoms with Crippen LogP contribution in [0, 0.1) is 0 Å². The first-order valence-corrected chi connectivity index (χ1v) is 12.4. The molecule has 162 valence electrons. The van der Waals surface area contributed by atoms with E-state index in [0.717, 1.165) is 28.1 Å². The second kappa shape index (κ2) is 8.09. The lowest BCUT2D eigenvalue weighted by Gasteiger charge is -2.58. The van der Waals surface area contributed by atoms with E-state index in [1.165, 1.54) is 5.56 Å². The molecule has 6 rings (SSSR count). The zero-order valence-electron chi connectivity index (χ0n) is 17.9. The maximum atomic E-state index is 13.9. The van der Waals surface area contributed by atoms with E-state index in [0.29, 0.717) is 5.02 Å². The number of carbonyl (C=O) groups is 1. The van der Waals surface area contributed by atoms with Crippen LogP contribution in [-0.4, -0.2) is 5.91 Å². The Bertz CT molecular complexity index is 1310. The van der Waals surface area contributed by atoms with Gasteiger partial charge in [-0.3, -0.25) is 9.69 Å². The molecule has 3 atom stereocenters. The molecule has 2 aliphatic rings. The Morgan fingerprint density at radius 2 is 1.36 bits per heavy atom. The number of β-lactam (4-membered cyclic amide) rings is 1. The summed E-state index contributed by atoms with van der Waals surface area (Å²) in [6.45, 7) is 0. The van der Waals surface area contributed by atoms with E-state index < -0.39 is 5.54 Å². The van der Waals surface area contributed by atoms with Crippen molar-refractivity contribution in [1.82, 2.24) is 0 Å². The minimum Gasteiger partial charge on any atom is -0.299 e. The lowest BCUT2D eigenvalue weighted by atomic mass is 9.63. The molecular weight excluding hydrogens is 446 g/mol. The van der Waals surface area contributed by atoms with Gasteiger partial charge in [0, 0.05) is 15.2 Å². The summed E-state index contributed by atoms with van der Waals surface area (Å²) in [6.07, 6.45) is 0.809. The van der Waals surface area contributed by atoms with Crippen LogP contribution < -0.4 is 4.90 Å². The Balaban J connectivity index is 1.61. The summed E-state index contributed by atoms with van der Waals surface area (Å²) in [5, 5.41) is 0.902. The monoisotopic (exact) mass is 467 g/mol. The third-order valence-electron chi connectivity index (χ3n) is 6.86. The maximum absolute atomic E-state index is 13.9. The summed E-state index contributed by atoms with van der Waals surface area (Å²) in [4.78, 5) is 17.1. The smallest absolute Gasteiger partial charge is 0.238 e. The summed E-state index contributed by atoms with van der Waals surface area (Å²) >= 11 is 8.14. The van der Waals surface area contributed by atoms with Gasteiger partial charge in [0.05, 0.1) is 17.1 Å². The van der Waals surface area contributed by atoms with Crippen LogP contribution in [0.25, 0.3) is 0 Å². The van der Waals surface area contributed by atoms with Gasteiger partial charge in [0.2, 0.25) is 5.91 Å². The number of rotatable bonds is 3. The molecule has 0 aromatic heterocycles. The van der Waals surface area contributed by atoms with Gasteiger partial charge in [-0.2, -0.15) is 0 Å². The molecule has 4 heteroatoms. The first kappa shape index (κ1) is 20.6. The van der Waals surface area contributed by atoms with Crippen molar-refractivity contribution in [3.63, 3.8) is 0 Å². The predicted molar refractivity (Wildman–Crippen MR) is 136 cm³/mol. The van der Waals surface area contributed by atoms with Gasteiger partial charge in [-0.1, -0.05) is 96.5 Å². The Hall–Kier alpha value is -3.01. The number of thioether (sulfide) groups is 1. The fourth-order valence-corrected chi connectivity index (χ4v) is 6.92. The summed E-state index contributed by atoms with van der Waals surface area (Å²) in [6, 6.07) is 37.2. The molecule has 0 unspecified atom stereocenters. The number of nitrogens with zero attached hydrogens (tertiary/aromatic N) is 1. The van der Waals surface area contributed by atoms with Crippen LogP contribution in [-0.2, 0) is 10.3 Å². The van der Waals surface area contributed by atoms with E-state index in [1.54, 1.807) is 0 Å². The van der Waals surface area contributed by atoms with Crippen LogP contribution >= 0.6 is 23.4 Å². The largest absolute Gasteiger partial charge is 0.299 e. The second-order valence-corrected chi connectivity index (χ2v) is 10.3. The molecule has 1 amide bonds. The SMILES string of the molecule is O=C1[C@H](c2ccccc2)[C@]2(c3ccc(Cl)cc3)C[C@@H](c3ccccc3)Sc3ccccc3N12. The fourth-order valence-electron chi connectivity index (χ4n) is 5.42. The van der Waals surface area contributed by atoms with Gasteiger partial charge in [-0.15, -0.1) is 11.8 Å². The Morgan fingerprint density at radius 3 is 2.06 bits per heavy atom. The molecule has 0 spiro atoms. The maximum Gasteiger partial charge on any atom is 0.238 e. The van der Waals surface area contributed by atoms with Crippen molar-refractivity contribution < 1.29 is 4.79 Å². The zero-order chi connectivity index (χ0) is 22.4. The Kier molecular flexibility index (Phi) is 5.05. The van der Waals surface area contributed by atoms with Gasteiger partial charge < -0.3 is 0 Å². The van der Waals surface area contributed by atoms with Gasteiger partial charge >= 0.3 is 0 Å². The first-order valence-electron chi connectivity index (χ1n) is 11.1. The minimum atomic E-state index is -0.497. The Labute approximate surface area is 203 Å². The van der Waals surface area contributed by atoms with E-state index in [2.05, 4.69) is 77.7 Å². The average Bonchev–Trinajstić information content (AvgIpc) is 2.98. The molecule has 1 saturated heterocycles. The summed E-state index contributed by atoms with van der Waals surface area (Å²) in [5.74, 6) is -0.101. The van der Waals surface area contributed by atoms with Crippen LogP contribution in [0.15, 0.2) is 114 Å². The molecule has 2 heterocycles. The van der Waals surface area contributed by atoms with Gasteiger partial charge in [0.25, 0.3) is 0 Å². The van der Waals surface area contributed by atoms with Crippen LogP contribution in [0.1, 0.15) is 34.3 Å². The number of amides is 1. The highest BCUT2D eigenvalue weighted by molar-refractivity contribution is 7.99. The summed E-state index contributed by atoms with van der Waals surface area (Å²) in [7, 11) is 0. The quantitative estimate of drug-likeness (QED) is 0.289. The number of para-hydroxylation sites is 1. The minimum absolute atomic E-state index is 0.151. The highest BCUT2D eigenvalue weighted by Crippen LogP contribution is 2.63. The molecular formula is C29H22ClNOS. The molecule has 4 aromatic carbocycles. The van der Waals surface area contributed by atoms with Crippen LogP contribution in [0.3, 0.4) is 0 Å². The molecule has 2 aliphatic heterocycles. The van der Waals surface area contributed by atoms with E-state index in [-0.39, 0.29) is 17.1 Å². The normalized spacial score (nSPS) is 23.8. The van der Waals surface area contributed by atoms with Crippen molar-refractivity contribution in [3.8, 4) is 0 Å². The third-order valence-corrected chi connectivity index (χ3v) is 8.44. The lowest BCUT2D eigenvalue weighted by molar-refractivity contribution is -0.131. The Morgan fingerprint density at radius 1 is 0.758 bits per heavy atom. The number of anilines is 1. The van der Waals surface area contributed by atoms with Crippen molar-refractivity contribution in [2.24, 2.45) is 0 Å². The van der Waals surface area contributed by atoms with Crippen molar-refractivity contribution >= 4 is 35.0 Å². The lowest BCUT2D eigenvalue weighted by Crippen LogP contribution is -2.67. The van der Waals surface area contributed by atoms with E-state index in [4.69, 9.17) is 11.6 Å². The van der Waals surface area contributed by atoms with Crippen LogP contribution in [0.4, 0.5) is 5.69 Å². The van der Waals surface area contributed by atoms with E-state index >= 15 is 0 Å². The van der Waals surface area contributed by atoms with Crippen molar-refractivity contribution in [2.45, 2.75) is 28.0 Å². The highest BCUT2D eigenvalue weighted by atomic mass is 35.5. The molecule has 0 radical (unpaired) electrons. The van der Waals surface area contributed by atoms with Crippen molar-refractivity contribution in [2.75, 3.05) is 4.90 Å². The average molecular weight is 468 g/mol. The fraction of sp³-hybridized carbons (Fsp3) is 0.138. The number of hydrogen-bond donors (Lipinski definition) is 0. The topological polar surface area (TPSA) is 20.3 Å². The van der Waals surface area contributed by atoms with Gasteiger partial charge in [-0.25, -0.2) is 0 Å². The number of fused-ring (bicyclic) bond motifs is 3. The molecule has 4 aromatic rings. The van der Waals surface area contributed by atoms with E-state index in [9.17, 15) is 4.79 Å².